The first kappa shape index (κ1) is 11.3. The van der Waals surface area contributed by atoms with E-state index >= 15 is 0 Å². The molecule has 1 aromatic heterocycles. The van der Waals surface area contributed by atoms with Crippen LogP contribution in [0.5, 0.6) is 0 Å². The number of benzene rings is 1. The minimum Gasteiger partial charge on any atom is -0.352 e. The maximum absolute atomic E-state index is 11.8. The van der Waals surface area contributed by atoms with E-state index in [0.29, 0.717) is 12.5 Å². The highest BCUT2D eigenvalue weighted by Crippen LogP contribution is 2.25. The highest BCUT2D eigenvalue weighted by Gasteiger charge is 2.17. The van der Waals surface area contributed by atoms with Gasteiger partial charge in [-0.25, -0.2) is 4.98 Å². The number of nitrogens with one attached hydrogen (secondary N) is 2. The van der Waals surface area contributed by atoms with E-state index in [4.69, 9.17) is 0 Å². The average molecular weight is 259 g/mol. The van der Waals surface area contributed by atoms with Crippen LogP contribution in [0.4, 0.5) is 5.95 Å². The first-order valence-electron chi connectivity index (χ1n) is 5.80. The summed E-state index contributed by atoms with van der Waals surface area (Å²) in [5.74, 6) is 2.17. The highest BCUT2D eigenvalue weighted by molar-refractivity contribution is 7.98. The van der Waals surface area contributed by atoms with E-state index in [1.807, 2.05) is 30.3 Å². The first-order chi connectivity index (χ1) is 8.83. The number of hydrogen-bond acceptors (Lipinski definition) is 4. The smallest absolute Gasteiger partial charge is 0.256 e. The van der Waals surface area contributed by atoms with Crippen LogP contribution in [0.25, 0.3) is 0 Å². The minimum atomic E-state index is -0.0134. The van der Waals surface area contributed by atoms with Gasteiger partial charge in [-0.05, 0) is 5.56 Å². The summed E-state index contributed by atoms with van der Waals surface area (Å²) < 4.78 is 0. The van der Waals surface area contributed by atoms with Crippen molar-refractivity contribution in [3.63, 3.8) is 0 Å². The molecule has 0 spiro atoms. The van der Waals surface area contributed by atoms with Crippen LogP contribution in [0.1, 0.15) is 16.8 Å². The van der Waals surface area contributed by atoms with E-state index in [0.717, 1.165) is 28.3 Å². The number of aromatic amines is 1. The number of nitrogens with zero attached hydrogens (tertiary/aromatic N) is 1. The number of fused-ring (bicyclic) bond motifs is 1. The van der Waals surface area contributed by atoms with Crippen LogP contribution in [0.2, 0.25) is 0 Å². The van der Waals surface area contributed by atoms with Gasteiger partial charge in [-0.1, -0.05) is 30.3 Å². The van der Waals surface area contributed by atoms with Gasteiger partial charge in [0, 0.05) is 23.6 Å². The fraction of sp³-hybridized carbons (Fsp3) is 0.231. The van der Waals surface area contributed by atoms with Gasteiger partial charge in [0.2, 0.25) is 5.95 Å². The quantitative estimate of drug-likeness (QED) is 0.886. The van der Waals surface area contributed by atoms with Crippen LogP contribution in [0.15, 0.2) is 35.1 Å². The molecule has 1 aliphatic rings. The SMILES string of the molecule is O=c1[nH]c(NCc2ccccc2)nc2c1CSC2. The Balaban J connectivity index is 1.78. The summed E-state index contributed by atoms with van der Waals surface area (Å²) in [6.07, 6.45) is 0. The van der Waals surface area contributed by atoms with E-state index in [9.17, 15) is 4.79 Å². The third-order valence-corrected chi connectivity index (χ3v) is 3.86. The molecule has 2 heterocycles. The Hall–Kier alpha value is -1.75. The standard InChI is InChI=1S/C13H13N3OS/c17-12-10-7-18-8-11(10)15-13(16-12)14-6-9-4-2-1-3-5-9/h1-5H,6-8H2,(H2,14,15,16,17). The normalized spacial score (nSPS) is 13.3. The number of aromatic nitrogens is 2. The second kappa shape index (κ2) is 4.86. The lowest BCUT2D eigenvalue weighted by Crippen LogP contribution is -2.17. The van der Waals surface area contributed by atoms with Crippen molar-refractivity contribution in [2.45, 2.75) is 18.1 Å². The van der Waals surface area contributed by atoms with Crippen molar-refractivity contribution >= 4 is 17.7 Å². The number of H-pyrrole nitrogens is 1. The lowest BCUT2D eigenvalue weighted by Gasteiger charge is -2.06. The van der Waals surface area contributed by atoms with E-state index in [1.165, 1.54) is 0 Å². The van der Waals surface area contributed by atoms with Crippen LogP contribution >= 0.6 is 11.8 Å². The number of thioether (sulfide) groups is 1. The van der Waals surface area contributed by atoms with Gasteiger partial charge in [0.05, 0.1) is 5.69 Å². The van der Waals surface area contributed by atoms with Crippen LogP contribution in [-0.4, -0.2) is 9.97 Å². The molecule has 0 saturated heterocycles. The molecule has 0 amide bonds. The molecule has 4 nitrogen and oxygen atoms in total. The Morgan fingerprint density at radius 2 is 2.11 bits per heavy atom. The third-order valence-electron chi connectivity index (χ3n) is 2.89. The van der Waals surface area contributed by atoms with Gasteiger partial charge >= 0.3 is 0 Å². The zero-order chi connectivity index (χ0) is 12.4. The summed E-state index contributed by atoms with van der Waals surface area (Å²) in [5.41, 5.74) is 2.89. The zero-order valence-corrected chi connectivity index (χ0v) is 10.6. The van der Waals surface area contributed by atoms with Crippen molar-refractivity contribution in [2.75, 3.05) is 5.32 Å². The largest absolute Gasteiger partial charge is 0.352 e. The summed E-state index contributed by atoms with van der Waals surface area (Å²) in [5, 5.41) is 3.16. The van der Waals surface area contributed by atoms with Crippen LogP contribution in [-0.2, 0) is 18.1 Å². The topological polar surface area (TPSA) is 57.8 Å². The number of anilines is 1. The van der Waals surface area contributed by atoms with Crippen LogP contribution < -0.4 is 10.9 Å². The maximum atomic E-state index is 11.8. The summed E-state index contributed by atoms with van der Waals surface area (Å²) in [7, 11) is 0. The molecule has 3 rings (SSSR count). The summed E-state index contributed by atoms with van der Waals surface area (Å²) in [6.45, 7) is 0.662. The fourth-order valence-corrected chi connectivity index (χ4v) is 2.96. The third kappa shape index (κ3) is 2.26. The molecular formula is C13H13N3OS. The zero-order valence-electron chi connectivity index (χ0n) is 9.77. The molecule has 5 heteroatoms. The lowest BCUT2D eigenvalue weighted by molar-refractivity contribution is 0.986. The Morgan fingerprint density at radius 1 is 1.28 bits per heavy atom. The van der Waals surface area contributed by atoms with Crippen molar-refractivity contribution in [3.8, 4) is 0 Å². The lowest BCUT2D eigenvalue weighted by atomic mass is 10.2. The highest BCUT2D eigenvalue weighted by atomic mass is 32.2. The number of rotatable bonds is 3. The van der Waals surface area contributed by atoms with E-state index in [1.54, 1.807) is 11.8 Å². The average Bonchev–Trinajstić information content (AvgIpc) is 2.86. The molecule has 0 unspecified atom stereocenters. The Bertz CT molecular complexity index is 609. The summed E-state index contributed by atoms with van der Waals surface area (Å²) >= 11 is 1.73. The second-order valence-electron chi connectivity index (χ2n) is 4.17. The van der Waals surface area contributed by atoms with Gasteiger partial charge in [-0.15, -0.1) is 0 Å². The molecule has 0 radical (unpaired) electrons. The molecule has 1 aliphatic heterocycles. The molecular weight excluding hydrogens is 246 g/mol. The fourth-order valence-electron chi connectivity index (χ4n) is 1.93. The van der Waals surface area contributed by atoms with Gasteiger partial charge in [-0.3, -0.25) is 9.78 Å². The van der Waals surface area contributed by atoms with E-state index in [2.05, 4.69) is 15.3 Å². The van der Waals surface area contributed by atoms with Crippen molar-refractivity contribution in [2.24, 2.45) is 0 Å². The molecule has 2 aromatic rings. The molecule has 0 fully saturated rings. The molecule has 1 aromatic carbocycles. The molecule has 18 heavy (non-hydrogen) atoms. The van der Waals surface area contributed by atoms with Gasteiger partial charge in [-0.2, -0.15) is 11.8 Å². The van der Waals surface area contributed by atoms with Crippen LogP contribution in [0, 0.1) is 0 Å². The minimum absolute atomic E-state index is 0.0134. The van der Waals surface area contributed by atoms with E-state index in [-0.39, 0.29) is 5.56 Å². The molecule has 0 atom stereocenters. The molecule has 0 saturated carbocycles. The summed E-state index contributed by atoms with van der Waals surface area (Å²) in [6, 6.07) is 10.0. The predicted octanol–water partition coefficient (Wildman–Crippen LogP) is 2.13. The summed E-state index contributed by atoms with van der Waals surface area (Å²) in [4.78, 5) is 19.0. The molecule has 0 aliphatic carbocycles. The van der Waals surface area contributed by atoms with Crippen molar-refractivity contribution in [1.82, 2.24) is 9.97 Å². The van der Waals surface area contributed by atoms with Gasteiger partial charge in [0.25, 0.3) is 5.56 Å². The molecule has 0 bridgehead atoms. The molecule has 2 N–H and O–H groups in total. The Morgan fingerprint density at radius 3 is 2.94 bits per heavy atom. The second-order valence-corrected chi connectivity index (χ2v) is 5.16. The Kier molecular flexibility index (Phi) is 3.06. The first-order valence-corrected chi connectivity index (χ1v) is 6.96. The maximum Gasteiger partial charge on any atom is 0.256 e. The van der Waals surface area contributed by atoms with Gasteiger partial charge in [0.15, 0.2) is 0 Å². The van der Waals surface area contributed by atoms with Crippen LogP contribution in [0.3, 0.4) is 0 Å². The van der Waals surface area contributed by atoms with Crippen molar-refractivity contribution in [1.29, 1.82) is 0 Å². The van der Waals surface area contributed by atoms with E-state index < -0.39 is 0 Å². The number of hydrogen-bond donors (Lipinski definition) is 2. The van der Waals surface area contributed by atoms with Gasteiger partial charge < -0.3 is 5.32 Å². The van der Waals surface area contributed by atoms with Crippen molar-refractivity contribution < 1.29 is 0 Å². The van der Waals surface area contributed by atoms with Gasteiger partial charge in [0.1, 0.15) is 0 Å². The monoisotopic (exact) mass is 259 g/mol. The molecule has 92 valence electrons. The predicted molar refractivity (Wildman–Crippen MR) is 73.6 cm³/mol. The van der Waals surface area contributed by atoms with Crippen molar-refractivity contribution in [3.05, 3.63) is 57.5 Å². The Labute approximate surface area is 109 Å².